The quantitative estimate of drug-likeness (QED) is 0.827. The molecular weight excluding hydrogens is 308 g/mol. The highest BCUT2D eigenvalue weighted by molar-refractivity contribution is 6.33. The fourth-order valence-corrected chi connectivity index (χ4v) is 2.61. The van der Waals surface area contributed by atoms with Gasteiger partial charge >= 0.3 is 0 Å². The molecule has 0 aliphatic carbocycles. The second-order valence-electron chi connectivity index (χ2n) is 5.07. The molecular formula is C13H15ClN6O2. The Morgan fingerprint density at radius 2 is 1.86 bits per heavy atom. The number of aromatic nitrogens is 4. The van der Waals surface area contributed by atoms with E-state index in [0.717, 1.165) is 0 Å². The summed E-state index contributed by atoms with van der Waals surface area (Å²) in [6.45, 7) is 2.70. The molecule has 0 aromatic carbocycles. The normalized spacial score (nSPS) is 15.2. The van der Waals surface area contributed by atoms with Crippen LogP contribution in [0.15, 0.2) is 28.2 Å². The van der Waals surface area contributed by atoms with Crippen LogP contribution in [-0.2, 0) is 7.05 Å². The minimum atomic E-state index is -0.394. The molecule has 1 aliphatic rings. The van der Waals surface area contributed by atoms with E-state index in [9.17, 15) is 9.59 Å². The molecule has 22 heavy (non-hydrogen) atoms. The fraction of sp³-hybridized carbons (Fsp3) is 0.385. The van der Waals surface area contributed by atoms with Crippen molar-refractivity contribution in [1.82, 2.24) is 19.7 Å². The highest BCUT2D eigenvalue weighted by Crippen LogP contribution is 2.22. The number of nitrogens with zero attached hydrogens (tertiary/aromatic N) is 5. The summed E-state index contributed by atoms with van der Waals surface area (Å²) in [5, 5.41) is 6.24. The van der Waals surface area contributed by atoms with Crippen molar-refractivity contribution in [3.63, 3.8) is 0 Å². The lowest BCUT2D eigenvalue weighted by molar-refractivity contribution is 0.641. The average Bonchev–Trinajstić information content (AvgIpc) is 2.53. The molecule has 1 aliphatic heterocycles. The summed E-state index contributed by atoms with van der Waals surface area (Å²) in [4.78, 5) is 31.5. The number of halogens is 1. The molecule has 8 nitrogen and oxygen atoms in total. The van der Waals surface area contributed by atoms with Crippen molar-refractivity contribution in [2.24, 2.45) is 7.05 Å². The molecule has 3 heterocycles. The monoisotopic (exact) mass is 322 g/mol. The van der Waals surface area contributed by atoms with Crippen molar-refractivity contribution >= 4 is 23.1 Å². The summed E-state index contributed by atoms with van der Waals surface area (Å²) in [7, 11) is 1.67. The van der Waals surface area contributed by atoms with Crippen LogP contribution < -0.4 is 20.9 Å². The summed E-state index contributed by atoms with van der Waals surface area (Å²) in [6.07, 6.45) is 3.07. The molecule has 0 amide bonds. The zero-order valence-electron chi connectivity index (χ0n) is 12.0. The summed E-state index contributed by atoms with van der Waals surface area (Å²) in [6, 6.07) is 1.53. The maximum absolute atomic E-state index is 11.7. The highest BCUT2D eigenvalue weighted by Gasteiger charge is 2.21. The van der Waals surface area contributed by atoms with Crippen molar-refractivity contribution in [1.29, 1.82) is 0 Å². The van der Waals surface area contributed by atoms with E-state index in [1.807, 2.05) is 9.80 Å². The van der Waals surface area contributed by atoms with Crippen molar-refractivity contribution in [3.05, 3.63) is 44.3 Å². The molecule has 0 bridgehead atoms. The smallest absolute Gasteiger partial charge is 0.285 e. The largest absolute Gasteiger partial charge is 0.365 e. The van der Waals surface area contributed by atoms with E-state index in [2.05, 4.69) is 15.2 Å². The van der Waals surface area contributed by atoms with Crippen LogP contribution in [0.1, 0.15) is 0 Å². The first-order valence-corrected chi connectivity index (χ1v) is 7.20. The second kappa shape index (κ2) is 5.80. The molecule has 0 saturated carbocycles. The molecule has 0 radical (unpaired) electrons. The van der Waals surface area contributed by atoms with E-state index in [0.29, 0.717) is 37.7 Å². The lowest BCUT2D eigenvalue weighted by Crippen LogP contribution is -2.47. The average molecular weight is 323 g/mol. The Kier molecular flexibility index (Phi) is 3.84. The van der Waals surface area contributed by atoms with Gasteiger partial charge in [-0.2, -0.15) is 5.10 Å². The third kappa shape index (κ3) is 2.69. The van der Waals surface area contributed by atoms with Gasteiger partial charge in [-0.25, -0.2) is 10.1 Å². The number of anilines is 2. The van der Waals surface area contributed by atoms with E-state index in [-0.39, 0.29) is 10.6 Å². The number of nitrogens with one attached hydrogen (secondary N) is 1. The van der Waals surface area contributed by atoms with Crippen LogP contribution in [0.5, 0.6) is 0 Å². The molecule has 2 aromatic heterocycles. The lowest BCUT2D eigenvalue weighted by Gasteiger charge is -2.36. The van der Waals surface area contributed by atoms with Crippen molar-refractivity contribution in [3.8, 4) is 0 Å². The van der Waals surface area contributed by atoms with Gasteiger partial charge in [0.15, 0.2) is 0 Å². The van der Waals surface area contributed by atoms with Crippen LogP contribution in [0.4, 0.5) is 11.5 Å². The topological polar surface area (TPSA) is 87.1 Å². The zero-order chi connectivity index (χ0) is 15.7. The molecule has 1 N–H and O–H groups in total. The third-order valence-corrected chi connectivity index (χ3v) is 4.05. The van der Waals surface area contributed by atoms with Gasteiger partial charge in [0, 0.05) is 39.3 Å². The van der Waals surface area contributed by atoms with Gasteiger partial charge in [-0.15, -0.1) is 0 Å². The zero-order valence-corrected chi connectivity index (χ0v) is 12.7. The van der Waals surface area contributed by atoms with Crippen LogP contribution in [-0.4, -0.2) is 45.9 Å². The molecule has 2 aromatic rings. The summed E-state index contributed by atoms with van der Waals surface area (Å²) >= 11 is 6.02. The minimum absolute atomic E-state index is 0.0886. The van der Waals surface area contributed by atoms with Crippen molar-refractivity contribution in [2.75, 3.05) is 36.0 Å². The Balaban J connectivity index is 1.75. The summed E-state index contributed by atoms with van der Waals surface area (Å²) < 4.78 is 1.43. The van der Waals surface area contributed by atoms with E-state index < -0.39 is 5.56 Å². The van der Waals surface area contributed by atoms with E-state index >= 15 is 0 Å². The number of rotatable bonds is 2. The van der Waals surface area contributed by atoms with Crippen molar-refractivity contribution in [2.45, 2.75) is 0 Å². The summed E-state index contributed by atoms with van der Waals surface area (Å²) in [5.41, 5.74) is 0.145. The van der Waals surface area contributed by atoms with Crippen LogP contribution >= 0.6 is 11.6 Å². The molecule has 1 fully saturated rings. The predicted molar refractivity (Wildman–Crippen MR) is 83.8 cm³/mol. The Bertz CT molecular complexity index is 794. The van der Waals surface area contributed by atoms with Crippen LogP contribution in [0.3, 0.4) is 0 Å². The Hall–Kier alpha value is -2.35. The van der Waals surface area contributed by atoms with Crippen molar-refractivity contribution < 1.29 is 0 Å². The number of aromatic amines is 1. The van der Waals surface area contributed by atoms with E-state index in [1.54, 1.807) is 13.2 Å². The number of hydrogen-bond donors (Lipinski definition) is 1. The Morgan fingerprint density at radius 1 is 1.18 bits per heavy atom. The molecule has 116 valence electrons. The molecule has 0 spiro atoms. The SMILES string of the molecule is Cn1cnc(N2CCN(c3cn[nH]c(=O)c3Cl)CC2)cc1=O. The summed E-state index contributed by atoms with van der Waals surface area (Å²) in [5.74, 6) is 0.665. The Labute approximate surface area is 131 Å². The second-order valence-corrected chi connectivity index (χ2v) is 5.45. The first-order valence-electron chi connectivity index (χ1n) is 6.82. The van der Waals surface area contributed by atoms with Gasteiger partial charge in [-0.1, -0.05) is 11.6 Å². The first-order chi connectivity index (χ1) is 10.6. The standard InChI is InChI=1S/C13H15ClN6O2/c1-18-8-15-10(6-11(18)21)20-4-2-19(3-5-20)9-7-16-17-13(22)12(9)14/h6-8H,2-5H2,1H3,(H,17,22). The third-order valence-electron chi connectivity index (χ3n) is 3.68. The maximum atomic E-state index is 11.7. The molecule has 0 unspecified atom stereocenters. The first kappa shape index (κ1) is 14.6. The van der Waals surface area contributed by atoms with Gasteiger partial charge in [0.2, 0.25) is 0 Å². The number of hydrogen-bond acceptors (Lipinski definition) is 6. The lowest BCUT2D eigenvalue weighted by atomic mass is 10.3. The molecule has 9 heteroatoms. The van der Waals surface area contributed by atoms with Crippen LogP contribution in [0.25, 0.3) is 0 Å². The van der Waals surface area contributed by atoms with Gasteiger partial charge < -0.3 is 14.4 Å². The maximum Gasteiger partial charge on any atom is 0.285 e. The van der Waals surface area contributed by atoms with Crippen LogP contribution in [0.2, 0.25) is 5.02 Å². The van der Waals surface area contributed by atoms with E-state index in [1.165, 1.54) is 17.0 Å². The van der Waals surface area contributed by atoms with Crippen LogP contribution in [0, 0.1) is 0 Å². The molecule has 0 atom stereocenters. The number of aryl methyl sites for hydroxylation is 1. The molecule has 3 rings (SSSR count). The van der Waals surface area contributed by atoms with Gasteiger partial charge in [0.1, 0.15) is 10.8 Å². The van der Waals surface area contributed by atoms with Gasteiger partial charge in [-0.05, 0) is 0 Å². The fourth-order valence-electron chi connectivity index (χ4n) is 2.40. The number of H-pyrrole nitrogens is 1. The predicted octanol–water partition coefficient (Wildman–Crippen LogP) is -0.156. The number of piperazine rings is 1. The van der Waals surface area contributed by atoms with Gasteiger partial charge in [-0.3, -0.25) is 9.59 Å². The molecule has 1 saturated heterocycles. The highest BCUT2D eigenvalue weighted by atomic mass is 35.5. The van der Waals surface area contributed by atoms with Gasteiger partial charge in [0.05, 0.1) is 18.2 Å². The van der Waals surface area contributed by atoms with Gasteiger partial charge in [0.25, 0.3) is 11.1 Å². The minimum Gasteiger partial charge on any atom is -0.365 e. The van der Waals surface area contributed by atoms with E-state index in [4.69, 9.17) is 11.6 Å². The Morgan fingerprint density at radius 3 is 2.55 bits per heavy atom.